The molecule has 6 N–H and O–H groups in total. The molecule has 10 nitrogen and oxygen atoms in total. The van der Waals surface area contributed by atoms with E-state index in [1.54, 1.807) is 13.0 Å². The number of phenolic OH excluding ortho intramolecular Hbond substituents is 1. The maximum absolute atomic E-state index is 14.1. The summed E-state index contributed by atoms with van der Waals surface area (Å²) in [4.78, 5) is 54.7. The van der Waals surface area contributed by atoms with Crippen LogP contribution in [-0.2, 0) is 14.4 Å². The molecule has 4 bridgehead atoms. The van der Waals surface area contributed by atoms with E-state index in [1.807, 2.05) is 0 Å². The van der Waals surface area contributed by atoms with Crippen LogP contribution in [-0.4, -0.2) is 79.9 Å². The van der Waals surface area contributed by atoms with Gasteiger partial charge in [-0.05, 0) is 31.6 Å². The summed E-state index contributed by atoms with van der Waals surface area (Å²) in [6.07, 6.45) is -1.57. The van der Waals surface area contributed by atoms with Crippen molar-refractivity contribution in [3.63, 3.8) is 0 Å². The van der Waals surface area contributed by atoms with E-state index in [0.717, 1.165) is 0 Å². The molecule has 1 aromatic carbocycles. The Bertz CT molecular complexity index is 1200. The van der Waals surface area contributed by atoms with Crippen LogP contribution in [0.15, 0.2) is 29.5 Å². The average Bonchev–Trinajstić information content (AvgIpc) is 3.05. The van der Waals surface area contributed by atoms with Gasteiger partial charge in [0, 0.05) is 5.92 Å². The molecule has 1 aromatic rings. The lowest BCUT2D eigenvalue weighted by Gasteiger charge is -2.50. The predicted molar refractivity (Wildman–Crippen MR) is 107 cm³/mol. The number of nitrogens with zero attached hydrogens (tertiary/aromatic N) is 1. The van der Waals surface area contributed by atoms with Gasteiger partial charge in [-0.2, -0.15) is 0 Å². The summed E-state index contributed by atoms with van der Waals surface area (Å²) in [6.45, 7) is 1.66. The number of hydrogen-bond donors (Lipinski definition) is 5. The van der Waals surface area contributed by atoms with Crippen LogP contribution < -0.4 is 5.73 Å². The molecule has 1 amide bonds. The third-order valence-electron chi connectivity index (χ3n) is 8.23. The van der Waals surface area contributed by atoms with E-state index in [-0.39, 0.29) is 5.56 Å². The van der Waals surface area contributed by atoms with E-state index in [0.29, 0.717) is 5.56 Å². The number of likely N-dealkylation sites (N-methyl/N-ethyl adjacent to an activating group) is 1. The minimum absolute atomic E-state index is 0.185. The van der Waals surface area contributed by atoms with Crippen LogP contribution in [0.1, 0.15) is 28.8 Å². The fraction of sp³-hybridized carbons (Fsp3) is 0.455. The van der Waals surface area contributed by atoms with Crippen molar-refractivity contribution in [3.8, 4) is 5.75 Å². The van der Waals surface area contributed by atoms with Crippen LogP contribution in [0.4, 0.5) is 0 Å². The molecular formula is C22H22N2O8. The van der Waals surface area contributed by atoms with E-state index in [2.05, 4.69) is 0 Å². The number of ketones is 3. The van der Waals surface area contributed by atoms with Gasteiger partial charge in [0.1, 0.15) is 28.0 Å². The molecule has 5 rings (SSSR count). The number of phenols is 1. The quantitative estimate of drug-likeness (QED) is 0.277. The molecule has 4 aliphatic rings. The Morgan fingerprint density at radius 1 is 1.12 bits per heavy atom. The summed E-state index contributed by atoms with van der Waals surface area (Å²) < 4.78 is 0. The number of amides is 1. The van der Waals surface area contributed by atoms with E-state index < -0.39 is 80.8 Å². The number of aromatic hydroxyl groups is 1. The van der Waals surface area contributed by atoms with Gasteiger partial charge in [-0.3, -0.25) is 24.1 Å². The first-order valence-corrected chi connectivity index (χ1v) is 10.1. The van der Waals surface area contributed by atoms with Crippen molar-refractivity contribution in [1.82, 2.24) is 4.90 Å². The lowest BCUT2D eigenvalue weighted by molar-refractivity contribution is -0.167. The highest BCUT2D eigenvalue weighted by Gasteiger charge is 2.93. The van der Waals surface area contributed by atoms with Crippen molar-refractivity contribution in [3.05, 3.63) is 40.7 Å². The second-order valence-electron chi connectivity index (χ2n) is 9.33. The molecule has 4 aliphatic carbocycles. The zero-order chi connectivity index (χ0) is 23.7. The van der Waals surface area contributed by atoms with Crippen LogP contribution in [0.3, 0.4) is 0 Å². The number of carbonyl (C=O) groups is 4. The van der Waals surface area contributed by atoms with Crippen molar-refractivity contribution in [2.24, 2.45) is 23.0 Å². The Hall–Kier alpha value is -3.08. The number of aliphatic hydroxyl groups is 3. The molecular weight excluding hydrogens is 420 g/mol. The Morgan fingerprint density at radius 2 is 1.75 bits per heavy atom. The normalized spacial score (nSPS) is 41.9. The van der Waals surface area contributed by atoms with Gasteiger partial charge in [-0.1, -0.05) is 19.1 Å². The first-order chi connectivity index (χ1) is 14.8. The molecule has 0 heterocycles. The zero-order valence-corrected chi connectivity index (χ0v) is 17.5. The number of hydrogen-bond acceptors (Lipinski definition) is 9. The smallest absolute Gasteiger partial charge is 0.255 e. The van der Waals surface area contributed by atoms with E-state index >= 15 is 0 Å². The highest BCUT2D eigenvalue weighted by Crippen LogP contribution is 2.75. The summed E-state index contributed by atoms with van der Waals surface area (Å²) in [5.41, 5.74) is -2.86. The second kappa shape index (κ2) is 5.64. The molecule has 2 fully saturated rings. The van der Waals surface area contributed by atoms with Gasteiger partial charge in [0.2, 0.25) is 5.78 Å². The fourth-order valence-electron chi connectivity index (χ4n) is 7.34. The van der Waals surface area contributed by atoms with Gasteiger partial charge in [0.25, 0.3) is 5.91 Å². The number of benzene rings is 1. The Labute approximate surface area is 181 Å². The minimum atomic E-state index is -2.95. The van der Waals surface area contributed by atoms with E-state index in [1.165, 1.54) is 31.1 Å². The van der Waals surface area contributed by atoms with Crippen molar-refractivity contribution < 1.29 is 39.6 Å². The average molecular weight is 442 g/mol. The molecule has 0 aromatic heterocycles. The summed E-state index contributed by atoms with van der Waals surface area (Å²) in [7, 11) is 2.82. The second-order valence-corrected chi connectivity index (χ2v) is 9.33. The highest BCUT2D eigenvalue weighted by molar-refractivity contribution is 6.37. The summed E-state index contributed by atoms with van der Waals surface area (Å²) in [6, 6.07) is 4.38. The van der Waals surface area contributed by atoms with Crippen molar-refractivity contribution >= 4 is 23.3 Å². The molecule has 0 radical (unpaired) electrons. The minimum Gasteiger partial charge on any atom is -0.509 e. The lowest BCUT2D eigenvalue weighted by Crippen LogP contribution is -2.64. The van der Waals surface area contributed by atoms with Gasteiger partial charge >= 0.3 is 0 Å². The Kier molecular flexibility index (Phi) is 3.66. The third-order valence-corrected chi connectivity index (χ3v) is 8.23. The SMILES string of the molecule is C[C@H]1c2cccc(O)c2C(=O)C23C(=O)[C@]4(O)C(=O)C(C(N)=O)=C(O)[C@@]2(N(C)C)[C@@H]4[C@@H](O)C13. The fourth-order valence-corrected chi connectivity index (χ4v) is 7.34. The number of primary amides is 1. The van der Waals surface area contributed by atoms with Gasteiger partial charge in [-0.15, -0.1) is 0 Å². The van der Waals surface area contributed by atoms with Crippen molar-refractivity contribution in [2.75, 3.05) is 14.1 Å². The first-order valence-electron chi connectivity index (χ1n) is 10.1. The van der Waals surface area contributed by atoms with Gasteiger partial charge in [-0.25, -0.2) is 0 Å². The van der Waals surface area contributed by atoms with E-state index in [9.17, 15) is 39.6 Å². The van der Waals surface area contributed by atoms with Gasteiger partial charge < -0.3 is 26.2 Å². The number of rotatable bonds is 2. The summed E-state index contributed by atoms with van der Waals surface area (Å²) >= 11 is 0. The molecule has 0 saturated heterocycles. The van der Waals surface area contributed by atoms with Crippen LogP contribution in [0, 0.1) is 17.3 Å². The number of Topliss-reactive ketones (excluding diaryl/α,β-unsaturated/α-hetero) is 3. The molecule has 10 heteroatoms. The lowest BCUT2D eigenvalue weighted by atomic mass is 9.53. The topological polar surface area (TPSA) is 178 Å². The molecule has 2 saturated carbocycles. The number of fused-ring (bicyclic) bond motifs is 1. The molecule has 0 aliphatic heterocycles. The highest BCUT2D eigenvalue weighted by atomic mass is 16.3. The molecule has 168 valence electrons. The maximum Gasteiger partial charge on any atom is 0.255 e. The van der Waals surface area contributed by atoms with Crippen molar-refractivity contribution in [1.29, 1.82) is 0 Å². The zero-order valence-electron chi connectivity index (χ0n) is 17.5. The molecule has 7 atom stereocenters. The predicted octanol–water partition coefficient (Wildman–Crippen LogP) is -1.22. The third kappa shape index (κ3) is 1.61. The summed E-state index contributed by atoms with van der Waals surface area (Å²) in [5, 5.41) is 44.7. The largest absolute Gasteiger partial charge is 0.509 e. The van der Waals surface area contributed by atoms with Gasteiger partial charge in [0.15, 0.2) is 17.2 Å². The number of aliphatic hydroxyl groups excluding tert-OH is 2. The Balaban J connectivity index is 2.01. The number of carbonyl (C=O) groups excluding carboxylic acids is 4. The van der Waals surface area contributed by atoms with E-state index in [4.69, 9.17) is 5.73 Å². The monoisotopic (exact) mass is 442 g/mol. The first kappa shape index (κ1) is 20.8. The van der Waals surface area contributed by atoms with Crippen molar-refractivity contribution in [2.45, 2.75) is 30.1 Å². The number of nitrogens with two attached hydrogens (primary N) is 1. The molecule has 32 heavy (non-hydrogen) atoms. The molecule has 1 spiro atoms. The maximum atomic E-state index is 14.1. The van der Waals surface area contributed by atoms with Crippen LogP contribution in [0.25, 0.3) is 0 Å². The van der Waals surface area contributed by atoms with Crippen LogP contribution >= 0.6 is 0 Å². The van der Waals surface area contributed by atoms with Gasteiger partial charge in [0.05, 0.1) is 17.6 Å². The standard InChI is InChI=1S/C22H22N2O8/c1-7-8-5-4-6-9(25)10(8)15(27)20-12(7)13(26)14-21(32,19(20)31)16(28)11(18(23)30)17(29)22(14,20)24(2)3/h4-7,12-14,25-26,29,32H,1-3H3,(H2,23,30)/t7-,12?,13-,14+,20?,21+,22-/m0/s1. The van der Waals surface area contributed by atoms with Crippen LogP contribution in [0.5, 0.6) is 5.75 Å². The summed E-state index contributed by atoms with van der Waals surface area (Å²) in [5.74, 6) is -9.76. The Morgan fingerprint density at radius 3 is 2.31 bits per heavy atom. The molecule has 2 unspecified atom stereocenters. The van der Waals surface area contributed by atoms with Crippen LogP contribution in [0.2, 0.25) is 0 Å².